The first kappa shape index (κ1) is 13.5. The summed E-state index contributed by atoms with van der Waals surface area (Å²) in [6, 6.07) is 6.41. The summed E-state index contributed by atoms with van der Waals surface area (Å²) in [6.07, 6.45) is 3.06. The van der Waals surface area contributed by atoms with E-state index in [4.69, 9.17) is 4.74 Å². The van der Waals surface area contributed by atoms with E-state index >= 15 is 0 Å². The highest BCUT2D eigenvalue weighted by molar-refractivity contribution is 5.82. The van der Waals surface area contributed by atoms with Crippen LogP contribution in [-0.4, -0.2) is 38.0 Å². The van der Waals surface area contributed by atoms with Gasteiger partial charge in [0.1, 0.15) is 0 Å². The normalized spacial score (nSPS) is 18.4. The quantitative estimate of drug-likeness (QED) is 0.742. The number of rotatable bonds is 3. The first-order chi connectivity index (χ1) is 10.7. The number of fused-ring (bicyclic) bond motifs is 1. The van der Waals surface area contributed by atoms with E-state index in [2.05, 4.69) is 40.5 Å². The fourth-order valence-corrected chi connectivity index (χ4v) is 3.07. The zero-order chi connectivity index (χ0) is 15.1. The average molecular weight is 297 g/mol. The molecule has 0 N–H and O–H groups in total. The summed E-state index contributed by atoms with van der Waals surface area (Å²) >= 11 is 0. The Balaban J connectivity index is 1.64. The zero-order valence-electron chi connectivity index (χ0n) is 12.9. The van der Waals surface area contributed by atoms with Gasteiger partial charge in [-0.05, 0) is 25.5 Å². The summed E-state index contributed by atoms with van der Waals surface area (Å²) in [5.74, 6) is 0.386. The minimum Gasteiger partial charge on any atom is -0.381 e. The molecule has 0 spiro atoms. The van der Waals surface area contributed by atoms with Gasteiger partial charge in [0.2, 0.25) is 0 Å². The Morgan fingerprint density at radius 3 is 3.09 bits per heavy atom. The van der Waals surface area contributed by atoms with Crippen LogP contribution in [0.5, 0.6) is 0 Å². The Morgan fingerprint density at radius 1 is 1.36 bits per heavy atom. The SMILES string of the molecule is Cc1ccc2c(c1)c(Cn1cc(C3CCOC3)nn1)nn2C. The van der Waals surface area contributed by atoms with Crippen molar-refractivity contribution in [1.82, 2.24) is 24.8 Å². The van der Waals surface area contributed by atoms with Gasteiger partial charge in [0.05, 0.1) is 30.1 Å². The van der Waals surface area contributed by atoms with Crippen LogP contribution in [0, 0.1) is 6.92 Å². The Kier molecular flexibility index (Phi) is 3.18. The monoisotopic (exact) mass is 297 g/mol. The molecule has 0 amide bonds. The third-order valence-electron chi connectivity index (χ3n) is 4.30. The van der Waals surface area contributed by atoms with Gasteiger partial charge in [-0.25, -0.2) is 4.68 Å². The summed E-state index contributed by atoms with van der Waals surface area (Å²) in [4.78, 5) is 0. The minimum absolute atomic E-state index is 0.386. The smallest absolute Gasteiger partial charge is 0.0918 e. The molecular formula is C16H19N5O. The highest BCUT2D eigenvalue weighted by Crippen LogP contribution is 2.24. The number of aryl methyl sites for hydroxylation is 2. The fourth-order valence-electron chi connectivity index (χ4n) is 3.07. The lowest BCUT2D eigenvalue weighted by molar-refractivity contribution is 0.193. The number of nitrogens with zero attached hydrogens (tertiary/aromatic N) is 5. The second-order valence-electron chi connectivity index (χ2n) is 5.99. The fraction of sp³-hybridized carbons (Fsp3) is 0.438. The molecule has 3 aromatic rings. The molecule has 1 aliphatic heterocycles. The van der Waals surface area contributed by atoms with E-state index in [0.717, 1.165) is 36.5 Å². The molecule has 0 radical (unpaired) electrons. The lowest BCUT2D eigenvalue weighted by Gasteiger charge is -2.00. The van der Waals surface area contributed by atoms with Gasteiger partial charge in [-0.15, -0.1) is 5.10 Å². The maximum absolute atomic E-state index is 5.42. The van der Waals surface area contributed by atoms with Crippen molar-refractivity contribution < 1.29 is 4.74 Å². The van der Waals surface area contributed by atoms with Crippen molar-refractivity contribution in [3.8, 4) is 0 Å². The molecule has 1 unspecified atom stereocenters. The maximum atomic E-state index is 5.42. The number of benzene rings is 1. The Labute approximate surface area is 128 Å². The predicted octanol–water partition coefficient (Wildman–Crippen LogP) is 2.03. The summed E-state index contributed by atoms with van der Waals surface area (Å²) in [5.41, 5.74) is 4.43. The van der Waals surface area contributed by atoms with Gasteiger partial charge in [-0.3, -0.25) is 4.68 Å². The van der Waals surface area contributed by atoms with Crippen LogP contribution in [0.2, 0.25) is 0 Å². The van der Waals surface area contributed by atoms with E-state index in [-0.39, 0.29) is 0 Å². The number of aromatic nitrogens is 5. The molecule has 0 saturated carbocycles. The van der Waals surface area contributed by atoms with Crippen molar-refractivity contribution >= 4 is 10.9 Å². The molecule has 0 aliphatic carbocycles. The summed E-state index contributed by atoms with van der Waals surface area (Å²) in [7, 11) is 1.98. The van der Waals surface area contributed by atoms with Crippen LogP contribution in [0.3, 0.4) is 0 Å². The Bertz CT molecular complexity index is 813. The van der Waals surface area contributed by atoms with Crippen LogP contribution in [-0.2, 0) is 18.3 Å². The molecule has 1 fully saturated rings. The first-order valence-electron chi connectivity index (χ1n) is 7.61. The van der Waals surface area contributed by atoms with Crippen molar-refractivity contribution in [3.63, 3.8) is 0 Å². The van der Waals surface area contributed by atoms with Crippen LogP contribution in [0.1, 0.15) is 29.3 Å². The average Bonchev–Trinajstić information content (AvgIpc) is 3.21. The standard InChI is InChI=1S/C16H19N5O/c1-11-3-4-16-13(7-11)15(18-20(16)2)9-21-8-14(17-19-21)12-5-6-22-10-12/h3-4,7-8,12H,5-6,9-10H2,1-2H3. The lowest BCUT2D eigenvalue weighted by Crippen LogP contribution is -2.02. The lowest BCUT2D eigenvalue weighted by atomic mass is 10.1. The molecule has 3 heterocycles. The van der Waals surface area contributed by atoms with Crippen LogP contribution in [0.25, 0.3) is 10.9 Å². The molecule has 1 atom stereocenters. The van der Waals surface area contributed by atoms with Gasteiger partial charge in [0.15, 0.2) is 0 Å². The van der Waals surface area contributed by atoms with Gasteiger partial charge in [0, 0.05) is 31.2 Å². The summed E-state index contributed by atoms with van der Waals surface area (Å²) in [6.45, 7) is 4.32. The molecule has 114 valence electrons. The zero-order valence-corrected chi connectivity index (χ0v) is 12.9. The van der Waals surface area contributed by atoms with E-state index in [1.807, 2.05) is 22.6 Å². The molecule has 4 rings (SSSR count). The summed E-state index contributed by atoms with van der Waals surface area (Å²) < 4.78 is 9.22. The molecule has 0 bridgehead atoms. The molecule has 2 aromatic heterocycles. The number of hydrogen-bond acceptors (Lipinski definition) is 4. The van der Waals surface area contributed by atoms with Crippen LogP contribution in [0.15, 0.2) is 24.4 Å². The topological polar surface area (TPSA) is 57.8 Å². The second-order valence-corrected chi connectivity index (χ2v) is 5.99. The molecule has 6 nitrogen and oxygen atoms in total. The van der Waals surface area contributed by atoms with Gasteiger partial charge in [-0.1, -0.05) is 16.8 Å². The van der Waals surface area contributed by atoms with Crippen LogP contribution < -0.4 is 0 Å². The maximum Gasteiger partial charge on any atom is 0.0918 e. The van der Waals surface area contributed by atoms with Crippen molar-refractivity contribution in [2.24, 2.45) is 7.05 Å². The highest BCUT2D eigenvalue weighted by atomic mass is 16.5. The molecular weight excluding hydrogens is 278 g/mol. The van der Waals surface area contributed by atoms with Gasteiger partial charge >= 0.3 is 0 Å². The summed E-state index contributed by atoms with van der Waals surface area (Å²) in [5, 5.41) is 14.4. The molecule has 1 aliphatic rings. The Morgan fingerprint density at radius 2 is 2.27 bits per heavy atom. The van der Waals surface area contributed by atoms with Gasteiger partial charge in [0.25, 0.3) is 0 Å². The van der Waals surface area contributed by atoms with E-state index in [9.17, 15) is 0 Å². The third kappa shape index (κ3) is 2.29. The van der Waals surface area contributed by atoms with E-state index < -0.39 is 0 Å². The van der Waals surface area contributed by atoms with Crippen molar-refractivity contribution in [2.75, 3.05) is 13.2 Å². The number of hydrogen-bond donors (Lipinski definition) is 0. The Hall–Kier alpha value is -2.21. The van der Waals surface area contributed by atoms with E-state index in [1.165, 1.54) is 10.9 Å². The molecule has 1 aromatic carbocycles. The number of ether oxygens (including phenoxy) is 1. The predicted molar refractivity (Wildman–Crippen MR) is 82.8 cm³/mol. The highest BCUT2D eigenvalue weighted by Gasteiger charge is 2.21. The van der Waals surface area contributed by atoms with Crippen LogP contribution >= 0.6 is 0 Å². The third-order valence-corrected chi connectivity index (χ3v) is 4.30. The van der Waals surface area contributed by atoms with Crippen molar-refractivity contribution in [1.29, 1.82) is 0 Å². The van der Waals surface area contributed by atoms with E-state index in [0.29, 0.717) is 12.5 Å². The van der Waals surface area contributed by atoms with Gasteiger partial charge in [-0.2, -0.15) is 5.10 Å². The van der Waals surface area contributed by atoms with Crippen LogP contribution in [0.4, 0.5) is 0 Å². The molecule has 1 saturated heterocycles. The second kappa shape index (κ2) is 5.21. The van der Waals surface area contributed by atoms with Crippen molar-refractivity contribution in [2.45, 2.75) is 25.8 Å². The molecule has 6 heteroatoms. The molecule has 22 heavy (non-hydrogen) atoms. The van der Waals surface area contributed by atoms with Gasteiger partial charge < -0.3 is 4.74 Å². The van der Waals surface area contributed by atoms with Crippen molar-refractivity contribution in [3.05, 3.63) is 41.3 Å². The largest absolute Gasteiger partial charge is 0.381 e. The first-order valence-corrected chi connectivity index (χ1v) is 7.61. The van der Waals surface area contributed by atoms with E-state index in [1.54, 1.807) is 0 Å². The minimum atomic E-state index is 0.386.